The van der Waals surface area contributed by atoms with E-state index in [2.05, 4.69) is 15.6 Å². The predicted octanol–water partition coefficient (Wildman–Crippen LogP) is 2.68. The van der Waals surface area contributed by atoms with Crippen LogP contribution in [0.25, 0.3) is 10.8 Å². The smallest absolute Gasteiger partial charge is 0.315 e. The lowest BCUT2D eigenvalue weighted by Gasteiger charge is -2.30. The SMILES string of the molecule is O=C(NCc1nccc2ccccc12)NCC(C(=O)N1CCOCC1)c1ccccc1. The van der Waals surface area contributed by atoms with Crippen LogP contribution in [0.15, 0.2) is 66.9 Å². The van der Waals surface area contributed by atoms with Crippen LogP contribution in [0.5, 0.6) is 0 Å². The third-order valence-electron chi connectivity index (χ3n) is 5.46. The highest BCUT2D eigenvalue weighted by atomic mass is 16.5. The van der Waals surface area contributed by atoms with Crippen molar-refractivity contribution in [1.29, 1.82) is 0 Å². The molecule has 1 aromatic heterocycles. The van der Waals surface area contributed by atoms with Gasteiger partial charge in [0.25, 0.3) is 0 Å². The summed E-state index contributed by atoms with van der Waals surface area (Å²) in [5.41, 5.74) is 1.69. The van der Waals surface area contributed by atoms with E-state index in [9.17, 15) is 9.59 Å². The van der Waals surface area contributed by atoms with Crippen molar-refractivity contribution in [2.75, 3.05) is 32.8 Å². The highest BCUT2D eigenvalue weighted by molar-refractivity contribution is 5.86. The Morgan fingerprint density at radius 3 is 2.52 bits per heavy atom. The van der Waals surface area contributed by atoms with Gasteiger partial charge in [0, 0.05) is 31.2 Å². The summed E-state index contributed by atoms with van der Waals surface area (Å²) >= 11 is 0. The van der Waals surface area contributed by atoms with Crippen LogP contribution in [0, 0.1) is 0 Å². The number of carbonyl (C=O) groups excluding carboxylic acids is 2. The summed E-state index contributed by atoms with van der Waals surface area (Å²) in [5.74, 6) is -0.439. The summed E-state index contributed by atoms with van der Waals surface area (Å²) in [6, 6.07) is 19.1. The number of amides is 3. The first-order valence-corrected chi connectivity index (χ1v) is 10.5. The van der Waals surface area contributed by atoms with Crippen molar-refractivity contribution in [2.45, 2.75) is 12.5 Å². The van der Waals surface area contributed by atoms with Crippen LogP contribution in [0.4, 0.5) is 4.79 Å². The Kier molecular flexibility index (Phi) is 6.74. The van der Waals surface area contributed by atoms with E-state index < -0.39 is 5.92 Å². The number of pyridine rings is 1. The molecular weight excluding hydrogens is 392 g/mol. The van der Waals surface area contributed by atoms with E-state index in [1.54, 1.807) is 11.1 Å². The van der Waals surface area contributed by atoms with Crippen molar-refractivity contribution in [2.24, 2.45) is 0 Å². The lowest BCUT2D eigenvalue weighted by atomic mass is 9.97. The molecule has 3 aromatic rings. The highest BCUT2D eigenvalue weighted by Gasteiger charge is 2.27. The Bertz CT molecular complexity index is 1030. The summed E-state index contributed by atoms with van der Waals surface area (Å²) in [6.45, 7) is 2.75. The van der Waals surface area contributed by atoms with Gasteiger partial charge in [0.2, 0.25) is 5.91 Å². The number of fused-ring (bicyclic) bond motifs is 1. The van der Waals surface area contributed by atoms with Gasteiger partial charge in [-0.25, -0.2) is 4.79 Å². The summed E-state index contributed by atoms with van der Waals surface area (Å²) in [6.07, 6.45) is 1.74. The number of carbonyl (C=O) groups is 2. The van der Waals surface area contributed by atoms with E-state index in [1.807, 2.05) is 60.7 Å². The molecule has 0 bridgehead atoms. The van der Waals surface area contributed by atoms with Crippen LogP contribution in [0.3, 0.4) is 0 Å². The molecule has 3 amide bonds. The zero-order chi connectivity index (χ0) is 21.5. The minimum Gasteiger partial charge on any atom is -0.378 e. The van der Waals surface area contributed by atoms with Gasteiger partial charge in [-0.15, -0.1) is 0 Å². The number of urea groups is 1. The maximum absolute atomic E-state index is 13.1. The number of hydrogen-bond donors (Lipinski definition) is 2. The first-order chi connectivity index (χ1) is 15.2. The van der Waals surface area contributed by atoms with E-state index in [-0.39, 0.29) is 18.5 Å². The van der Waals surface area contributed by atoms with Crippen molar-refractivity contribution in [3.05, 3.63) is 78.1 Å². The Morgan fingerprint density at radius 1 is 0.968 bits per heavy atom. The molecule has 1 saturated heterocycles. The number of ether oxygens (including phenoxy) is 1. The fourth-order valence-electron chi connectivity index (χ4n) is 3.78. The molecule has 2 aromatic carbocycles. The molecular formula is C24H26N4O3. The number of rotatable bonds is 6. The Morgan fingerprint density at radius 2 is 1.71 bits per heavy atom. The van der Waals surface area contributed by atoms with Crippen LogP contribution >= 0.6 is 0 Å². The molecule has 2 N–H and O–H groups in total. The summed E-state index contributed by atoms with van der Waals surface area (Å²) < 4.78 is 5.36. The second-order valence-corrected chi connectivity index (χ2v) is 7.44. The van der Waals surface area contributed by atoms with Crippen LogP contribution in [0.2, 0.25) is 0 Å². The molecule has 1 atom stereocenters. The second kappa shape index (κ2) is 10.0. The van der Waals surface area contributed by atoms with Crippen LogP contribution in [-0.4, -0.2) is 54.7 Å². The Labute approximate surface area is 181 Å². The van der Waals surface area contributed by atoms with Crippen LogP contribution < -0.4 is 10.6 Å². The van der Waals surface area contributed by atoms with Crippen molar-refractivity contribution < 1.29 is 14.3 Å². The normalized spacial score (nSPS) is 14.8. The fourth-order valence-corrected chi connectivity index (χ4v) is 3.78. The second-order valence-electron chi connectivity index (χ2n) is 7.44. The average molecular weight is 418 g/mol. The van der Waals surface area contributed by atoms with Gasteiger partial charge in [-0.3, -0.25) is 9.78 Å². The molecule has 160 valence electrons. The number of nitrogens with zero attached hydrogens (tertiary/aromatic N) is 2. The number of morpholine rings is 1. The number of benzene rings is 2. The van der Waals surface area contributed by atoms with E-state index in [0.29, 0.717) is 32.8 Å². The molecule has 1 fully saturated rings. The fraction of sp³-hybridized carbons (Fsp3) is 0.292. The van der Waals surface area contributed by atoms with Gasteiger partial charge in [0.15, 0.2) is 0 Å². The Balaban J connectivity index is 1.39. The molecule has 4 rings (SSSR count). The minimum atomic E-state index is -0.444. The standard InChI is InChI=1S/C24H26N4O3/c29-23(28-12-14-31-15-13-28)21(18-6-2-1-3-7-18)16-26-24(30)27-17-22-20-9-5-4-8-19(20)10-11-25-22/h1-11,21H,12-17H2,(H2,26,27,30). The molecule has 0 saturated carbocycles. The molecule has 0 spiro atoms. The lowest BCUT2D eigenvalue weighted by Crippen LogP contribution is -2.46. The largest absolute Gasteiger partial charge is 0.378 e. The monoisotopic (exact) mass is 418 g/mol. The molecule has 2 heterocycles. The lowest BCUT2D eigenvalue weighted by molar-refractivity contribution is -0.136. The molecule has 1 aliphatic heterocycles. The van der Waals surface area contributed by atoms with Crippen molar-refractivity contribution >= 4 is 22.7 Å². The first kappa shape index (κ1) is 20.8. The molecule has 0 radical (unpaired) electrons. The van der Waals surface area contributed by atoms with Gasteiger partial charge < -0.3 is 20.3 Å². The number of hydrogen-bond acceptors (Lipinski definition) is 4. The van der Waals surface area contributed by atoms with Crippen LogP contribution in [-0.2, 0) is 16.1 Å². The number of aromatic nitrogens is 1. The summed E-state index contributed by atoms with van der Waals surface area (Å²) in [5, 5.41) is 7.81. The quantitative estimate of drug-likeness (QED) is 0.645. The summed E-state index contributed by atoms with van der Waals surface area (Å²) in [7, 11) is 0. The summed E-state index contributed by atoms with van der Waals surface area (Å²) in [4.78, 5) is 31.8. The molecule has 1 aliphatic rings. The van der Waals surface area contributed by atoms with E-state index in [1.165, 1.54) is 0 Å². The average Bonchev–Trinajstić information content (AvgIpc) is 2.84. The zero-order valence-corrected chi connectivity index (χ0v) is 17.3. The van der Waals surface area contributed by atoms with Gasteiger partial charge in [-0.05, 0) is 17.0 Å². The topological polar surface area (TPSA) is 83.6 Å². The highest BCUT2D eigenvalue weighted by Crippen LogP contribution is 2.19. The van der Waals surface area contributed by atoms with Crippen LogP contribution in [0.1, 0.15) is 17.2 Å². The van der Waals surface area contributed by atoms with Gasteiger partial charge in [-0.2, -0.15) is 0 Å². The molecule has 1 unspecified atom stereocenters. The molecule has 31 heavy (non-hydrogen) atoms. The zero-order valence-electron chi connectivity index (χ0n) is 17.3. The van der Waals surface area contributed by atoms with Gasteiger partial charge in [0.05, 0.1) is 31.4 Å². The molecule has 7 heteroatoms. The van der Waals surface area contributed by atoms with Crippen molar-refractivity contribution in [3.8, 4) is 0 Å². The molecule has 7 nitrogen and oxygen atoms in total. The molecule has 0 aliphatic carbocycles. The predicted molar refractivity (Wildman–Crippen MR) is 119 cm³/mol. The first-order valence-electron chi connectivity index (χ1n) is 10.5. The van der Waals surface area contributed by atoms with E-state index in [4.69, 9.17) is 4.74 Å². The van der Waals surface area contributed by atoms with Gasteiger partial charge in [-0.1, -0.05) is 54.6 Å². The Hall–Kier alpha value is -3.45. The third-order valence-corrected chi connectivity index (χ3v) is 5.46. The third kappa shape index (κ3) is 5.19. The van der Waals surface area contributed by atoms with Crippen molar-refractivity contribution in [3.63, 3.8) is 0 Å². The number of nitrogens with one attached hydrogen (secondary N) is 2. The van der Waals surface area contributed by atoms with Gasteiger partial charge >= 0.3 is 6.03 Å². The van der Waals surface area contributed by atoms with E-state index >= 15 is 0 Å². The van der Waals surface area contributed by atoms with Crippen molar-refractivity contribution in [1.82, 2.24) is 20.5 Å². The van der Waals surface area contributed by atoms with Gasteiger partial charge in [0.1, 0.15) is 0 Å². The van der Waals surface area contributed by atoms with E-state index in [0.717, 1.165) is 22.0 Å². The minimum absolute atomic E-state index is 0.00511. The maximum Gasteiger partial charge on any atom is 0.315 e. The maximum atomic E-state index is 13.1.